The zero-order valence-corrected chi connectivity index (χ0v) is 17.9. The molecule has 0 heterocycles. The molecule has 1 aromatic carbocycles. The van der Waals surface area contributed by atoms with Crippen molar-refractivity contribution in [3.8, 4) is 5.75 Å². The summed E-state index contributed by atoms with van der Waals surface area (Å²) < 4.78 is 5.47. The van der Waals surface area contributed by atoms with Crippen molar-refractivity contribution >= 4 is 35.1 Å². The van der Waals surface area contributed by atoms with E-state index in [1.165, 1.54) is 0 Å². The number of rotatable bonds is 11. The molecule has 1 atom stereocenters. The number of aryl methyl sites for hydroxylation is 1. The first-order valence-electron chi connectivity index (χ1n) is 9.05. The van der Waals surface area contributed by atoms with E-state index >= 15 is 0 Å². The lowest BCUT2D eigenvalue weighted by atomic mass is 9.85. The Morgan fingerprint density at radius 1 is 1.11 bits per heavy atom. The minimum Gasteiger partial charge on any atom is -0.496 e. The molecule has 0 aliphatic rings. The SMILES string of the molecule is COc1cc(C)c([C@@H](CC(=O)O)CC(=O)N(CCCl)CCCl)cc1C(C)C. The summed E-state index contributed by atoms with van der Waals surface area (Å²) in [5.41, 5.74) is 2.78. The predicted molar refractivity (Wildman–Crippen MR) is 109 cm³/mol. The average Bonchev–Trinajstić information content (AvgIpc) is 2.59. The van der Waals surface area contributed by atoms with Gasteiger partial charge in [-0.15, -0.1) is 23.2 Å². The molecular formula is C20H29Cl2NO4. The van der Waals surface area contributed by atoms with Crippen LogP contribution >= 0.6 is 23.2 Å². The average molecular weight is 418 g/mol. The van der Waals surface area contributed by atoms with Crippen LogP contribution in [0.2, 0.25) is 0 Å². The van der Waals surface area contributed by atoms with Crippen LogP contribution in [-0.4, -0.2) is 53.8 Å². The lowest BCUT2D eigenvalue weighted by Gasteiger charge is -2.25. The molecule has 27 heavy (non-hydrogen) atoms. The molecule has 0 aromatic heterocycles. The number of hydrogen-bond donors (Lipinski definition) is 1. The van der Waals surface area contributed by atoms with Gasteiger partial charge in [-0.3, -0.25) is 9.59 Å². The van der Waals surface area contributed by atoms with Crippen LogP contribution in [0, 0.1) is 6.92 Å². The fraction of sp³-hybridized carbons (Fsp3) is 0.600. The highest BCUT2D eigenvalue weighted by Crippen LogP contribution is 2.35. The van der Waals surface area contributed by atoms with Crippen LogP contribution in [0.1, 0.15) is 55.2 Å². The van der Waals surface area contributed by atoms with Gasteiger partial charge in [0.25, 0.3) is 0 Å². The first-order chi connectivity index (χ1) is 12.7. The molecule has 1 amide bonds. The van der Waals surface area contributed by atoms with E-state index in [0.717, 1.165) is 22.4 Å². The van der Waals surface area contributed by atoms with Crippen LogP contribution in [0.25, 0.3) is 0 Å². The van der Waals surface area contributed by atoms with Gasteiger partial charge in [0.15, 0.2) is 0 Å². The molecule has 7 heteroatoms. The van der Waals surface area contributed by atoms with Crippen LogP contribution in [-0.2, 0) is 9.59 Å². The van der Waals surface area contributed by atoms with Crippen molar-refractivity contribution in [3.63, 3.8) is 0 Å². The van der Waals surface area contributed by atoms with Crippen molar-refractivity contribution in [2.75, 3.05) is 32.0 Å². The lowest BCUT2D eigenvalue weighted by molar-refractivity contribution is -0.137. The molecule has 0 spiro atoms. The summed E-state index contributed by atoms with van der Waals surface area (Å²) in [4.78, 5) is 25.8. The second kappa shape index (κ2) is 11.4. The van der Waals surface area contributed by atoms with Crippen molar-refractivity contribution in [1.82, 2.24) is 4.90 Å². The molecule has 0 radical (unpaired) electrons. The maximum atomic E-state index is 12.7. The number of amides is 1. The number of hydrogen-bond acceptors (Lipinski definition) is 3. The predicted octanol–water partition coefficient (Wildman–Crippen LogP) is 4.38. The van der Waals surface area contributed by atoms with Crippen molar-refractivity contribution < 1.29 is 19.4 Å². The summed E-state index contributed by atoms with van der Waals surface area (Å²) >= 11 is 11.6. The van der Waals surface area contributed by atoms with Gasteiger partial charge in [-0.1, -0.05) is 19.9 Å². The Morgan fingerprint density at radius 3 is 2.15 bits per heavy atom. The van der Waals surface area contributed by atoms with Crippen molar-refractivity contribution in [2.24, 2.45) is 0 Å². The topological polar surface area (TPSA) is 66.8 Å². The van der Waals surface area contributed by atoms with Gasteiger partial charge in [0.1, 0.15) is 5.75 Å². The van der Waals surface area contributed by atoms with E-state index in [1.54, 1.807) is 12.0 Å². The molecule has 1 aromatic rings. The fourth-order valence-electron chi connectivity index (χ4n) is 3.19. The van der Waals surface area contributed by atoms with Gasteiger partial charge < -0.3 is 14.7 Å². The maximum Gasteiger partial charge on any atom is 0.303 e. The molecule has 0 bridgehead atoms. The Kier molecular flexibility index (Phi) is 9.95. The van der Waals surface area contributed by atoms with Gasteiger partial charge in [0.2, 0.25) is 5.91 Å². The van der Waals surface area contributed by atoms with Crippen LogP contribution in [0.15, 0.2) is 12.1 Å². The highest BCUT2D eigenvalue weighted by molar-refractivity contribution is 6.18. The van der Waals surface area contributed by atoms with Crippen LogP contribution < -0.4 is 4.74 Å². The third-order valence-electron chi connectivity index (χ3n) is 4.58. The molecule has 1 N–H and O–H groups in total. The normalized spacial score (nSPS) is 12.1. The fourth-order valence-corrected chi connectivity index (χ4v) is 3.60. The number of halogens is 2. The number of carboxylic acids is 1. The second-order valence-electron chi connectivity index (χ2n) is 6.86. The Labute approximate surface area is 171 Å². The summed E-state index contributed by atoms with van der Waals surface area (Å²) in [6.07, 6.45) is -0.0170. The molecule has 152 valence electrons. The van der Waals surface area contributed by atoms with E-state index in [1.807, 2.05) is 19.1 Å². The molecule has 0 aliphatic heterocycles. The Balaban J connectivity index is 3.25. The zero-order chi connectivity index (χ0) is 20.6. The molecule has 0 fully saturated rings. The summed E-state index contributed by atoms with van der Waals surface area (Å²) in [5, 5.41) is 9.38. The number of carboxylic acid groups (broad SMARTS) is 1. The Hall–Kier alpha value is -1.46. The largest absolute Gasteiger partial charge is 0.496 e. The monoisotopic (exact) mass is 417 g/mol. The standard InChI is InChI=1S/C20H29Cl2NO4/c1-13(2)16-12-17(14(3)9-18(16)27-4)15(11-20(25)26)10-19(24)23(7-5-21)8-6-22/h9,12-13,15H,5-8,10-11H2,1-4H3,(H,25,26)/t15-/m1/s1. The van der Waals surface area contributed by atoms with Crippen LogP contribution in [0.4, 0.5) is 0 Å². The Morgan fingerprint density at radius 2 is 1.70 bits per heavy atom. The summed E-state index contributed by atoms with van der Waals surface area (Å²) in [5.74, 6) is 0.115. The highest BCUT2D eigenvalue weighted by atomic mass is 35.5. The van der Waals surface area contributed by atoms with Crippen molar-refractivity contribution in [3.05, 3.63) is 28.8 Å². The molecule has 1 rings (SSSR count). The Bertz CT molecular complexity index is 643. The van der Waals surface area contributed by atoms with Gasteiger partial charge in [-0.05, 0) is 35.6 Å². The maximum absolute atomic E-state index is 12.7. The molecule has 0 aliphatic carbocycles. The smallest absolute Gasteiger partial charge is 0.303 e. The van der Waals surface area contributed by atoms with Crippen molar-refractivity contribution in [2.45, 2.75) is 45.4 Å². The van der Waals surface area contributed by atoms with Crippen LogP contribution in [0.3, 0.4) is 0 Å². The number of carbonyl (C=O) groups is 2. The zero-order valence-electron chi connectivity index (χ0n) is 16.4. The number of benzene rings is 1. The third kappa shape index (κ3) is 6.89. The summed E-state index contributed by atoms with van der Waals surface area (Å²) in [6, 6.07) is 3.90. The molecule has 0 unspecified atom stereocenters. The summed E-state index contributed by atoms with van der Waals surface area (Å²) in [7, 11) is 1.62. The van der Waals surface area contributed by atoms with Gasteiger partial charge >= 0.3 is 5.97 Å². The molecule has 0 saturated heterocycles. The lowest BCUT2D eigenvalue weighted by Crippen LogP contribution is -2.35. The number of alkyl halides is 2. The van der Waals surface area contributed by atoms with Gasteiger partial charge in [0, 0.05) is 37.2 Å². The van der Waals surface area contributed by atoms with E-state index in [2.05, 4.69) is 13.8 Å². The number of nitrogens with zero attached hydrogens (tertiary/aromatic N) is 1. The molecule has 5 nitrogen and oxygen atoms in total. The van der Waals surface area contributed by atoms with E-state index < -0.39 is 11.9 Å². The number of carbonyl (C=O) groups excluding carboxylic acids is 1. The quantitative estimate of drug-likeness (QED) is 0.542. The number of ether oxygens (including phenoxy) is 1. The van der Waals surface area contributed by atoms with Crippen molar-refractivity contribution in [1.29, 1.82) is 0 Å². The third-order valence-corrected chi connectivity index (χ3v) is 4.92. The highest BCUT2D eigenvalue weighted by Gasteiger charge is 2.25. The first kappa shape index (κ1) is 23.6. The summed E-state index contributed by atoms with van der Waals surface area (Å²) in [6.45, 7) is 6.81. The van der Waals surface area contributed by atoms with E-state index in [9.17, 15) is 14.7 Å². The first-order valence-corrected chi connectivity index (χ1v) is 10.1. The second-order valence-corrected chi connectivity index (χ2v) is 7.62. The molecular weight excluding hydrogens is 389 g/mol. The van der Waals surface area contributed by atoms with E-state index in [4.69, 9.17) is 27.9 Å². The van der Waals surface area contributed by atoms with E-state index in [-0.39, 0.29) is 24.7 Å². The number of methoxy groups -OCH3 is 1. The van der Waals surface area contributed by atoms with Gasteiger partial charge in [-0.2, -0.15) is 0 Å². The van der Waals surface area contributed by atoms with Gasteiger partial charge in [0.05, 0.1) is 13.5 Å². The minimum absolute atomic E-state index is 0.102. The van der Waals surface area contributed by atoms with Gasteiger partial charge in [-0.25, -0.2) is 0 Å². The molecule has 0 saturated carbocycles. The van der Waals surface area contributed by atoms with Crippen LogP contribution in [0.5, 0.6) is 5.75 Å². The number of aliphatic carboxylic acids is 1. The van der Waals surface area contributed by atoms with E-state index in [0.29, 0.717) is 24.8 Å². The minimum atomic E-state index is -0.935.